The van der Waals surface area contributed by atoms with Crippen molar-refractivity contribution in [3.63, 3.8) is 0 Å². The third kappa shape index (κ3) is 4.44. The van der Waals surface area contributed by atoms with Crippen LogP contribution in [0, 0.1) is 0 Å². The van der Waals surface area contributed by atoms with Crippen molar-refractivity contribution in [3.8, 4) is 0 Å². The molecule has 1 unspecified atom stereocenters. The maximum Gasteiger partial charge on any atom is 0.0832 e. The van der Waals surface area contributed by atoms with Gasteiger partial charge in [-0.1, -0.05) is 22.9 Å². The van der Waals surface area contributed by atoms with Crippen LogP contribution in [0.25, 0.3) is 0 Å². The minimum atomic E-state index is 0.0341. The number of halogens is 1. The van der Waals surface area contributed by atoms with E-state index >= 15 is 0 Å². The van der Waals surface area contributed by atoms with E-state index in [2.05, 4.69) is 15.9 Å². The first kappa shape index (κ1) is 6.44. The van der Waals surface area contributed by atoms with E-state index in [-0.39, 0.29) is 6.61 Å². The minimum Gasteiger partial charge on any atom is -0.237 e. The van der Waals surface area contributed by atoms with Crippen molar-refractivity contribution in [3.05, 3.63) is 0 Å². The Morgan fingerprint density at radius 3 is 2.33 bits per heavy atom. The summed E-state index contributed by atoms with van der Waals surface area (Å²) in [5.74, 6) is 0. The molecule has 0 amide bonds. The Morgan fingerprint density at radius 1 is 1.83 bits per heavy atom. The molecule has 0 aromatic heterocycles. The van der Waals surface area contributed by atoms with Crippen molar-refractivity contribution in [2.75, 3.05) is 6.61 Å². The first-order chi connectivity index (χ1) is 2.77. The molecule has 0 aliphatic carbocycles. The van der Waals surface area contributed by atoms with Gasteiger partial charge in [0.1, 0.15) is 0 Å². The van der Waals surface area contributed by atoms with Gasteiger partial charge in [-0.3, -0.25) is 0 Å². The summed E-state index contributed by atoms with van der Waals surface area (Å²) in [6, 6.07) is 0. The van der Waals surface area contributed by atoms with E-state index in [0.29, 0.717) is 4.83 Å². The molecule has 6 heavy (non-hydrogen) atoms. The highest BCUT2D eigenvalue weighted by atomic mass is 79.9. The maximum atomic E-state index is 9.71. The molecular formula is C4H8BrO. The van der Waals surface area contributed by atoms with E-state index in [0.717, 1.165) is 6.42 Å². The van der Waals surface area contributed by atoms with Crippen LogP contribution in [0.5, 0.6) is 0 Å². The highest BCUT2D eigenvalue weighted by molar-refractivity contribution is 9.09. The third-order valence-electron chi connectivity index (χ3n) is 0.516. The van der Waals surface area contributed by atoms with Crippen LogP contribution < -0.4 is 0 Å². The molecule has 0 bridgehead atoms. The van der Waals surface area contributed by atoms with E-state index < -0.39 is 0 Å². The summed E-state index contributed by atoms with van der Waals surface area (Å²) in [7, 11) is 0. The van der Waals surface area contributed by atoms with E-state index in [9.17, 15) is 5.11 Å². The second kappa shape index (κ2) is 3.62. The fourth-order valence-corrected chi connectivity index (χ4v) is 0.349. The van der Waals surface area contributed by atoms with Crippen molar-refractivity contribution in [1.29, 1.82) is 0 Å². The molecule has 37 valence electrons. The lowest BCUT2D eigenvalue weighted by molar-refractivity contribution is 0.190. The van der Waals surface area contributed by atoms with Gasteiger partial charge in [-0.2, -0.15) is 0 Å². The standard InChI is InChI=1S/C4H8BrO/c1-4(5)2-3-6/h4H,2-3H2,1H3. The van der Waals surface area contributed by atoms with Crippen LogP contribution in [0.2, 0.25) is 0 Å². The summed E-state index contributed by atoms with van der Waals surface area (Å²) in [4.78, 5) is 0.398. The third-order valence-corrected chi connectivity index (χ3v) is 0.973. The Balaban J connectivity index is 2.63. The number of hydrogen-bond acceptors (Lipinski definition) is 0. The summed E-state index contributed by atoms with van der Waals surface area (Å²) in [5, 5.41) is 9.71. The summed E-state index contributed by atoms with van der Waals surface area (Å²) >= 11 is 3.23. The molecular weight excluding hydrogens is 144 g/mol. The highest BCUT2D eigenvalue weighted by Crippen LogP contribution is 2.00. The van der Waals surface area contributed by atoms with Gasteiger partial charge >= 0.3 is 0 Å². The van der Waals surface area contributed by atoms with Crippen LogP contribution in [0.15, 0.2) is 0 Å². The Hall–Kier alpha value is 0.440. The Bertz CT molecular complexity index is 28.7. The molecule has 1 radical (unpaired) electrons. The van der Waals surface area contributed by atoms with Crippen LogP contribution in [-0.2, 0) is 5.11 Å². The fourth-order valence-electron chi connectivity index (χ4n) is 0.162. The topological polar surface area (TPSA) is 19.9 Å². The molecule has 0 N–H and O–H groups in total. The first-order valence-electron chi connectivity index (χ1n) is 1.99. The molecule has 0 aromatic rings. The zero-order valence-corrected chi connectivity index (χ0v) is 5.36. The average Bonchev–Trinajstić information content (AvgIpc) is 1.35. The van der Waals surface area contributed by atoms with Gasteiger partial charge in [0.25, 0.3) is 0 Å². The van der Waals surface area contributed by atoms with Crippen molar-refractivity contribution < 1.29 is 5.11 Å². The molecule has 0 spiro atoms. The molecule has 0 rings (SSSR count). The predicted molar refractivity (Wildman–Crippen MR) is 28.6 cm³/mol. The smallest absolute Gasteiger partial charge is 0.0832 e. The Morgan fingerprint density at radius 2 is 2.33 bits per heavy atom. The van der Waals surface area contributed by atoms with Gasteiger partial charge in [-0.15, -0.1) is 0 Å². The van der Waals surface area contributed by atoms with Crippen molar-refractivity contribution in [1.82, 2.24) is 0 Å². The van der Waals surface area contributed by atoms with E-state index in [1.54, 1.807) is 0 Å². The number of rotatable bonds is 2. The quantitative estimate of drug-likeness (QED) is 0.535. The van der Waals surface area contributed by atoms with Gasteiger partial charge in [-0.25, -0.2) is 5.11 Å². The van der Waals surface area contributed by atoms with Crippen molar-refractivity contribution >= 4 is 15.9 Å². The number of alkyl halides is 1. The van der Waals surface area contributed by atoms with Gasteiger partial charge in [0.2, 0.25) is 0 Å². The van der Waals surface area contributed by atoms with Gasteiger partial charge in [0, 0.05) is 4.83 Å². The van der Waals surface area contributed by atoms with Gasteiger partial charge in [-0.05, 0) is 6.42 Å². The summed E-state index contributed by atoms with van der Waals surface area (Å²) in [6.45, 7) is 2.00. The SMILES string of the molecule is CC(Br)CC[O]. The van der Waals surface area contributed by atoms with Crippen LogP contribution in [-0.4, -0.2) is 11.4 Å². The molecule has 0 fully saturated rings. The summed E-state index contributed by atoms with van der Waals surface area (Å²) < 4.78 is 0. The van der Waals surface area contributed by atoms with E-state index in [4.69, 9.17) is 0 Å². The average molecular weight is 152 g/mol. The highest BCUT2D eigenvalue weighted by Gasteiger charge is 1.90. The van der Waals surface area contributed by atoms with Crippen LogP contribution in [0.3, 0.4) is 0 Å². The minimum absolute atomic E-state index is 0.0341. The van der Waals surface area contributed by atoms with Crippen LogP contribution >= 0.6 is 15.9 Å². The zero-order valence-electron chi connectivity index (χ0n) is 3.78. The lowest BCUT2D eigenvalue weighted by Gasteiger charge is -1.91. The molecule has 1 nitrogen and oxygen atoms in total. The molecule has 1 atom stereocenters. The normalized spacial score (nSPS) is 14.5. The predicted octanol–water partition coefficient (Wildman–Crippen LogP) is 1.59. The first-order valence-corrected chi connectivity index (χ1v) is 2.91. The van der Waals surface area contributed by atoms with Gasteiger partial charge < -0.3 is 0 Å². The Kier molecular flexibility index (Phi) is 3.89. The van der Waals surface area contributed by atoms with Gasteiger partial charge in [0.05, 0.1) is 6.61 Å². The lowest BCUT2D eigenvalue weighted by atomic mass is 10.4. The summed E-state index contributed by atoms with van der Waals surface area (Å²) in [6.07, 6.45) is 0.736. The largest absolute Gasteiger partial charge is 0.237 e. The molecule has 0 saturated heterocycles. The molecule has 0 aliphatic rings. The molecule has 2 heteroatoms. The zero-order chi connectivity index (χ0) is 4.99. The Labute approximate surface area is 46.5 Å². The molecule has 0 heterocycles. The summed E-state index contributed by atoms with van der Waals surface area (Å²) in [5.41, 5.74) is 0. The fraction of sp³-hybridized carbons (Fsp3) is 1.00. The van der Waals surface area contributed by atoms with E-state index in [1.807, 2.05) is 6.92 Å². The molecule has 0 aromatic carbocycles. The monoisotopic (exact) mass is 151 g/mol. The second-order valence-electron chi connectivity index (χ2n) is 1.27. The second-order valence-corrected chi connectivity index (χ2v) is 2.84. The number of hydrogen-bond donors (Lipinski definition) is 0. The maximum absolute atomic E-state index is 9.71. The van der Waals surface area contributed by atoms with Crippen molar-refractivity contribution in [2.24, 2.45) is 0 Å². The van der Waals surface area contributed by atoms with E-state index in [1.165, 1.54) is 0 Å². The molecule has 0 aliphatic heterocycles. The lowest BCUT2D eigenvalue weighted by Crippen LogP contribution is -1.91. The van der Waals surface area contributed by atoms with Crippen LogP contribution in [0.1, 0.15) is 13.3 Å². The van der Waals surface area contributed by atoms with Gasteiger partial charge in [0.15, 0.2) is 0 Å². The molecule has 0 saturated carbocycles. The van der Waals surface area contributed by atoms with Crippen LogP contribution in [0.4, 0.5) is 0 Å². The van der Waals surface area contributed by atoms with Crippen molar-refractivity contribution in [2.45, 2.75) is 18.2 Å².